The molecular weight excluding hydrogens is 262 g/mol. The molecular formula is C17H23N3O. The standard InChI is InChI=1S/C17H23N3O/c1-2-20-16-6-4-3-5-14(16)15(19-20)11-17(21)12-7-9-13(18)10-8-12/h3-6,12-13H,2,7-11,18H2,1H3. The zero-order chi connectivity index (χ0) is 14.8. The molecule has 112 valence electrons. The number of fused-ring (bicyclic) bond motifs is 1. The summed E-state index contributed by atoms with van der Waals surface area (Å²) in [5.74, 6) is 0.503. The molecule has 1 heterocycles. The van der Waals surface area contributed by atoms with E-state index in [1.807, 2.05) is 16.8 Å². The van der Waals surface area contributed by atoms with Crippen LogP contribution in [0, 0.1) is 5.92 Å². The van der Waals surface area contributed by atoms with E-state index in [0.29, 0.717) is 12.2 Å². The molecule has 0 radical (unpaired) electrons. The predicted molar refractivity (Wildman–Crippen MR) is 84.1 cm³/mol. The number of hydrogen-bond donors (Lipinski definition) is 1. The fourth-order valence-corrected chi connectivity index (χ4v) is 3.32. The number of rotatable bonds is 4. The summed E-state index contributed by atoms with van der Waals surface area (Å²) in [6.45, 7) is 2.90. The summed E-state index contributed by atoms with van der Waals surface area (Å²) >= 11 is 0. The van der Waals surface area contributed by atoms with Gasteiger partial charge in [-0.3, -0.25) is 9.48 Å². The number of Topliss-reactive ketones (excluding diaryl/α,β-unsaturated/α-hetero) is 1. The van der Waals surface area contributed by atoms with Crippen molar-refractivity contribution in [2.45, 2.75) is 51.6 Å². The van der Waals surface area contributed by atoms with Crippen molar-refractivity contribution in [3.63, 3.8) is 0 Å². The van der Waals surface area contributed by atoms with Crippen LogP contribution in [0.2, 0.25) is 0 Å². The highest BCUT2D eigenvalue weighted by Gasteiger charge is 2.25. The maximum Gasteiger partial charge on any atom is 0.142 e. The molecule has 2 aromatic rings. The van der Waals surface area contributed by atoms with Crippen LogP contribution in [0.4, 0.5) is 0 Å². The number of nitrogens with zero attached hydrogens (tertiary/aromatic N) is 2. The molecule has 0 aliphatic heterocycles. The maximum absolute atomic E-state index is 12.5. The molecule has 0 bridgehead atoms. The first-order valence-corrected chi connectivity index (χ1v) is 7.91. The molecule has 1 saturated carbocycles. The first kappa shape index (κ1) is 14.3. The fourth-order valence-electron chi connectivity index (χ4n) is 3.32. The second kappa shape index (κ2) is 5.98. The number of aromatic nitrogens is 2. The number of benzene rings is 1. The lowest BCUT2D eigenvalue weighted by atomic mass is 9.82. The van der Waals surface area contributed by atoms with Gasteiger partial charge >= 0.3 is 0 Å². The van der Waals surface area contributed by atoms with Gasteiger partial charge in [0, 0.05) is 23.9 Å². The lowest BCUT2D eigenvalue weighted by molar-refractivity contribution is -0.123. The van der Waals surface area contributed by atoms with Crippen LogP contribution in [0.1, 0.15) is 38.3 Å². The third-order valence-corrected chi connectivity index (χ3v) is 4.60. The van der Waals surface area contributed by atoms with E-state index in [-0.39, 0.29) is 12.0 Å². The van der Waals surface area contributed by atoms with Crippen molar-refractivity contribution in [3.8, 4) is 0 Å². The number of hydrogen-bond acceptors (Lipinski definition) is 3. The number of ketones is 1. The lowest BCUT2D eigenvalue weighted by Crippen LogP contribution is -2.30. The molecule has 1 aromatic heterocycles. The molecule has 0 amide bonds. The summed E-state index contributed by atoms with van der Waals surface area (Å²) in [7, 11) is 0. The molecule has 1 aliphatic rings. The molecule has 21 heavy (non-hydrogen) atoms. The summed E-state index contributed by atoms with van der Waals surface area (Å²) in [6, 6.07) is 8.45. The van der Waals surface area contributed by atoms with Crippen LogP contribution in [-0.4, -0.2) is 21.6 Å². The minimum Gasteiger partial charge on any atom is -0.328 e. The van der Waals surface area contributed by atoms with Gasteiger partial charge in [0.25, 0.3) is 0 Å². The van der Waals surface area contributed by atoms with Crippen molar-refractivity contribution in [2.24, 2.45) is 11.7 Å². The van der Waals surface area contributed by atoms with E-state index >= 15 is 0 Å². The predicted octanol–water partition coefficient (Wildman–Crippen LogP) is 2.69. The lowest BCUT2D eigenvalue weighted by Gasteiger charge is -2.24. The van der Waals surface area contributed by atoms with Crippen LogP contribution in [-0.2, 0) is 17.8 Å². The molecule has 0 unspecified atom stereocenters. The number of nitrogens with two attached hydrogens (primary N) is 1. The van der Waals surface area contributed by atoms with Crippen molar-refractivity contribution in [2.75, 3.05) is 0 Å². The number of para-hydroxylation sites is 1. The molecule has 0 saturated heterocycles. The normalized spacial score (nSPS) is 22.6. The van der Waals surface area contributed by atoms with E-state index in [0.717, 1.165) is 48.8 Å². The summed E-state index contributed by atoms with van der Waals surface area (Å²) in [6.07, 6.45) is 4.27. The number of carbonyl (C=O) groups excluding carboxylic acids is 1. The summed E-state index contributed by atoms with van der Waals surface area (Å²) in [5, 5.41) is 5.74. The average Bonchev–Trinajstić information content (AvgIpc) is 2.86. The van der Waals surface area contributed by atoms with Crippen LogP contribution >= 0.6 is 0 Å². The second-order valence-corrected chi connectivity index (χ2v) is 6.03. The van der Waals surface area contributed by atoms with Crippen LogP contribution in [0.15, 0.2) is 24.3 Å². The van der Waals surface area contributed by atoms with Gasteiger partial charge in [0.05, 0.1) is 17.6 Å². The molecule has 2 N–H and O–H groups in total. The van der Waals surface area contributed by atoms with Gasteiger partial charge < -0.3 is 5.73 Å². The minimum absolute atomic E-state index is 0.176. The summed E-state index contributed by atoms with van der Waals surface area (Å²) in [5.41, 5.74) is 7.96. The number of carbonyl (C=O) groups is 1. The Bertz CT molecular complexity index is 639. The molecule has 1 aromatic carbocycles. The highest BCUT2D eigenvalue weighted by atomic mass is 16.1. The third kappa shape index (κ3) is 2.86. The van der Waals surface area contributed by atoms with E-state index < -0.39 is 0 Å². The first-order valence-electron chi connectivity index (χ1n) is 7.91. The third-order valence-electron chi connectivity index (χ3n) is 4.60. The van der Waals surface area contributed by atoms with Crippen LogP contribution in [0.3, 0.4) is 0 Å². The van der Waals surface area contributed by atoms with Crippen molar-refractivity contribution >= 4 is 16.7 Å². The summed E-state index contributed by atoms with van der Waals surface area (Å²) < 4.78 is 1.98. The fraction of sp³-hybridized carbons (Fsp3) is 0.529. The quantitative estimate of drug-likeness (QED) is 0.939. The second-order valence-electron chi connectivity index (χ2n) is 6.03. The van der Waals surface area contributed by atoms with Gasteiger partial charge in [0.1, 0.15) is 5.78 Å². The molecule has 4 nitrogen and oxygen atoms in total. The Labute approximate surface area is 125 Å². The van der Waals surface area contributed by atoms with Crippen molar-refractivity contribution in [3.05, 3.63) is 30.0 Å². The SMILES string of the molecule is CCn1nc(CC(=O)C2CCC(N)CC2)c2ccccc21. The molecule has 1 fully saturated rings. The Morgan fingerprint density at radius 3 is 2.71 bits per heavy atom. The smallest absolute Gasteiger partial charge is 0.142 e. The molecule has 1 aliphatic carbocycles. The topological polar surface area (TPSA) is 60.9 Å². The van der Waals surface area contributed by atoms with E-state index in [2.05, 4.69) is 24.2 Å². The Hall–Kier alpha value is -1.68. The largest absolute Gasteiger partial charge is 0.328 e. The zero-order valence-corrected chi connectivity index (χ0v) is 12.6. The molecule has 0 spiro atoms. The van der Waals surface area contributed by atoms with E-state index in [1.165, 1.54) is 0 Å². The maximum atomic E-state index is 12.5. The van der Waals surface area contributed by atoms with Gasteiger partial charge in [0.2, 0.25) is 0 Å². The minimum atomic E-state index is 0.176. The van der Waals surface area contributed by atoms with E-state index in [1.54, 1.807) is 0 Å². The van der Waals surface area contributed by atoms with Crippen molar-refractivity contribution in [1.82, 2.24) is 9.78 Å². The van der Waals surface area contributed by atoms with Crippen LogP contribution in [0.5, 0.6) is 0 Å². The molecule has 4 heteroatoms. The zero-order valence-electron chi connectivity index (χ0n) is 12.6. The van der Waals surface area contributed by atoms with E-state index in [9.17, 15) is 4.79 Å². The Morgan fingerprint density at radius 2 is 2.00 bits per heavy atom. The Morgan fingerprint density at radius 1 is 1.29 bits per heavy atom. The molecule has 3 rings (SSSR count). The molecule has 0 atom stereocenters. The highest BCUT2D eigenvalue weighted by Crippen LogP contribution is 2.26. The van der Waals surface area contributed by atoms with Gasteiger partial charge in [-0.1, -0.05) is 18.2 Å². The van der Waals surface area contributed by atoms with Crippen LogP contribution < -0.4 is 5.73 Å². The average molecular weight is 285 g/mol. The first-order chi connectivity index (χ1) is 10.2. The van der Waals surface area contributed by atoms with Gasteiger partial charge in [0.15, 0.2) is 0 Å². The van der Waals surface area contributed by atoms with Crippen molar-refractivity contribution < 1.29 is 4.79 Å². The summed E-state index contributed by atoms with van der Waals surface area (Å²) in [4.78, 5) is 12.5. The van der Waals surface area contributed by atoms with Gasteiger partial charge in [-0.25, -0.2) is 0 Å². The van der Waals surface area contributed by atoms with Crippen LogP contribution in [0.25, 0.3) is 10.9 Å². The Kier molecular flexibility index (Phi) is 4.06. The van der Waals surface area contributed by atoms with Gasteiger partial charge in [-0.05, 0) is 38.7 Å². The van der Waals surface area contributed by atoms with Crippen molar-refractivity contribution in [1.29, 1.82) is 0 Å². The van der Waals surface area contributed by atoms with Gasteiger partial charge in [-0.2, -0.15) is 5.10 Å². The van der Waals surface area contributed by atoms with E-state index in [4.69, 9.17) is 5.73 Å². The Balaban J connectivity index is 1.80. The van der Waals surface area contributed by atoms with Gasteiger partial charge in [-0.15, -0.1) is 0 Å². The number of aryl methyl sites for hydroxylation is 1. The monoisotopic (exact) mass is 285 g/mol. The highest BCUT2D eigenvalue weighted by molar-refractivity contribution is 5.89.